The Morgan fingerprint density at radius 1 is 1.06 bits per heavy atom. The first-order chi connectivity index (χ1) is 8.64. The highest BCUT2D eigenvalue weighted by Gasteiger charge is 2.35. The maximum absolute atomic E-state index is 12.5. The van der Waals surface area contributed by atoms with Gasteiger partial charge < -0.3 is 5.32 Å². The number of rotatable bonds is 4. The van der Waals surface area contributed by atoms with Crippen LogP contribution in [0.2, 0.25) is 0 Å². The first-order valence-corrected chi connectivity index (χ1v) is 8.44. The van der Waals surface area contributed by atoms with E-state index in [-0.39, 0.29) is 0 Å². The Morgan fingerprint density at radius 2 is 1.72 bits per heavy atom. The Morgan fingerprint density at radius 3 is 2.33 bits per heavy atom. The molecule has 18 heavy (non-hydrogen) atoms. The first kappa shape index (κ1) is 14.2. The van der Waals surface area contributed by atoms with E-state index in [0.29, 0.717) is 32.1 Å². The molecule has 1 atom stereocenters. The van der Waals surface area contributed by atoms with E-state index < -0.39 is 10.2 Å². The third-order valence-electron chi connectivity index (χ3n) is 3.96. The second kappa shape index (κ2) is 6.32. The molecule has 106 valence electrons. The van der Waals surface area contributed by atoms with Crippen molar-refractivity contribution >= 4 is 10.2 Å². The van der Waals surface area contributed by atoms with Gasteiger partial charge in [0.2, 0.25) is 0 Å². The van der Waals surface area contributed by atoms with Crippen molar-refractivity contribution in [3.8, 4) is 0 Å². The Kier molecular flexibility index (Phi) is 5.00. The van der Waals surface area contributed by atoms with Crippen molar-refractivity contribution in [2.75, 3.05) is 39.8 Å². The largest absolute Gasteiger partial charge is 0.319 e. The van der Waals surface area contributed by atoms with Crippen LogP contribution in [0.3, 0.4) is 0 Å². The highest BCUT2D eigenvalue weighted by atomic mass is 32.2. The second-order valence-electron chi connectivity index (χ2n) is 5.39. The van der Waals surface area contributed by atoms with Gasteiger partial charge in [-0.1, -0.05) is 12.8 Å². The van der Waals surface area contributed by atoms with Gasteiger partial charge in [-0.15, -0.1) is 0 Å². The molecule has 2 rings (SSSR count). The van der Waals surface area contributed by atoms with Gasteiger partial charge in [-0.3, -0.25) is 0 Å². The van der Waals surface area contributed by atoms with Crippen LogP contribution in [-0.4, -0.2) is 56.8 Å². The van der Waals surface area contributed by atoms with Gasteiger partial charge in [0.1, 0.15) is 0 Å². The smallest absolute Gasteiger partial charge is 0.281 e. The molecule has 0 aliphatic carbocycles. The van der Waals surface area contributed by atoms with E-state index in [2.05, 4.69) is 5.32 Å². The summed E-state index contributed by atoms with van der Waals surface area (Å²) in [7, 11) is -1.27. The minimum atomic E-state index is -3.20. The van der Waals surface area contributed by atoms with Gasteiger partial charge in [0.05, 0.1) is 0 Å². The molecule has 1 N–H and O–H groups in total. The quantitative estimate of drug-likeness (QED) is 0.819. The maximum Gasteiger partial charge on any atom is 0.281 e. The standard InChI is InChI=1S/C12H25N3O2S/c1-13-10-12-6-9-15(11-12)18(16,17)14-7-4-2-3-5-8-14/h12-13H,2-11H2,1H3. The molecule has 1 unspecified atom stereocenters. The number of nitrogens with one attached hydrogen (secondary N) is 1. The van der Waals surface area contributed by atoms with Crippen LogP contribution in [0.1, 0.15) is 32.1 Å². The number of nitrogens with zero attached hydrogens (tertiary/aromatic N) is 2. The fourth-order valence-electron chi connectivity index (χ4n) is 2.90. The zero-order chi connectivity index (χ0) is 13.0. The lowest BCUT2D eigenvalue weighted by Crippen LogP contribution is -2.43. The van der Waals surface area contributed by atoms with Crippen LogP contribution in [-0.2, 0) is 10.2 Å². The van der Waals surface area contributed by atoms with Crippen molar-refractivity contribution in [2.24, 2.45) is 5.92 Å². The normalized spacial score (nSPS) is 28.4. The van der Waals surface area contributed by atoms with Crippen LogP contribution in [0.25, 0.3) is 0 Å². The Hall–Kier alpha value is -0.170. The van der Waals surface area contributed by atoms with E-state index in [1.807, 2.05) is 7.05 Å². The van der Waals surface area contributed by atoms with E-state index in [9.17, 15) is 8.42 Å². The molecular formula is C12H25N3O2S. The van der Waals surface area contributed by atoms with Crippen molar-refractivity contribution in [3.63, 3.8) is 0 Å². The van der Waals surface area contributed by atoms with E-state index in [4.69, 9.17) is 0 Å². The highest BCUT2D eigenvalue weighted by Crippen LogP contribution is 2.23. The molecule has 0 aromatic heterocycles. The summed E-state index contributed by atoms with van der Waals surface area (Å²) < 4.78 is 28.4. The van der Waals surface area contributed by atoms with Gasteiger partial charge in [-0.05, 0) is 38.8 Å². The summed E-state index contributed by atoms with van der Waals surface area (Å²) >= 11 is 0. The molecular weight excluding hydrogens is 250 g/mol. The zero-order valence-corrected chi connectivity index (χ0v) is 12.1. The topological polar surface area (TPSA) is 52.7 Å². The van der Waals surface area contributed by atoms with Crippen molar-refractivity contribution in [2.45, 2.75) is 32.1 Å². The van der Waals surface area contributed by atoms with Gasteiger partial charge in [0, 0.05) is 26.2 Å². The molecule has 0 radical (unpaired) electrons. The molecule has 2 aliphatic rings. The second-order valence-corrected chi connectivity index (χ2v) is 7.32. The molecule has 6 heteroatoms. The van der Waals surface area contributed by atoms with Crippen molar-refractivity contribution < 1.29 is 8.42 Å². The van der Waals surface area contributed by atoms with Gasteiger partial charge in [-0.2, -0.15) is 17.0 Å². The summed E-state index contributed by atoms with van der Waals surface area (Å²) in [4.78, 5) is 0. The molecule has 2 saturated heterocycles. The molecule has 0 saturated carbocycles. The summed E-state index contributed by atoms with van der Waals surface area (Å²) in [5, 5.41) is 3.14. The van der Waals surface area contributed by atoms with Crippen LogP contribution in [0.4, 0.5) is 0 Å². The summed E-state index contributed by atoms with van der Waals surface area (Å²) in [6.45, 7) is 3.68. The van der Waals surface area contributed by atoms with Crippen molar-refractivity contribution in [1.82, 2.24) is 13.9 Å². The van der Waals surface area contributed by atoms with Crippen molar-refractivity contribution in [3.05, 3.63) is 0 Å². The average molecular weight is 275 g/mol. The van der Waals surface area contributed by atoms with Gasteiger partial charge in [0.25, 0.3) is 10.2 Å². The van der Waals surface area contributed by atoms with Crippen LogP contribution in [0.15, 0.2) is 0 Å². The monoisotopic (exact) mass is 275 g/mol. The lowest BCUT2D eigenvalue weighted by molar-refractivity contribution is 0.361. The average Bonchev–Trinajstić information content (AvgIpc) is 2.65. The summed E-state index contributed by atoms with van der Waals surface area (Å²) in [6.07, 6.45) is 5.32. The minimum Gasteiger partial charge on any atom is -0.319 e. The Labute approximate surface area is 111 Å². The lowest BCUT2D eigenvalue weighted by atomic mass is 10.1. The Balaban J connectivity index is 1.97. The maximum atomic E-state index is 12.5. The Bertz CT molecular complexity index is 350. The predicted octanol–water partition coefficient (Wildman–Crippen LogP) is 0.649. The number of hydrogen-bond donors (Lipinski definition) is 1. The summed E-state index contributed by atoms with van der Waals surface area (Å²) in [5.41, 5.74) is 0. The van der Waals surface area contributed by atoms with E-state index in [1.165, 1.54) is 0 Å². The first-order valence-electron chi connectivity index (χ1n) is 7.04. The molecule has 0 aromatic rings. The lowest BCUT2D eigenvalue weighted by Gasteiger charge is -2.26. The van der Waals surface area contributed by atoms with E-state index >= 15 is 0 Å². The van der Waals surface area contributed by atoms with Crippen molar-refractivity contribution in [1.29, 1.82) is 0 Å². The molecule has 2 fully saturated rings. The van der Waals surface area contributed by atoms with Gasteiger partial charge >= 0.3 is 0 Å². The molecule has 0 amide bonds. The zero-order valence-electron chi connectivity index (χ0n) is 11.3. The molecule has 5 nitrogen and oxygen atoms in total. The summed E-state index contributed by atoms with van der Waals surface area (Å²) in [5.74, 6) is 0.469. The fraction of sp³-hybridized carbons (Fsp3) is 1.00. The van der Waals surface area contributed by atoms with Crippen LogP contribution in [0.5, 0.6) is 0 Å². The van der Waals surface area contributed by atoms with Gasteiger partial charge in [0.15, 0.2) is 0 Å². The third-order valence-corrected chi connectivity index (χ3v) is 5.96. The SMILES string of the molecule is CNCC1CCN(S(=O)(=O)N2CCCCCC2)C1. The molecule has 0 aromatic carbocycles. The molecule has 0 spiro atoms. The van der Waals surface area contributed by atoms with Crippen LogP contribution < -0.4 is 5.32 Å². The summed E-state index contributed by atoms with van der Waals surface area (Å²) in [6, 6.07) is 0. The third kappa shape index (κ3) is 3.23. The van der Waals surface area contributed by atoms with E-state index in [0.717, 1.165) is 38.6 Å². The van der Waals surface area contributed by atoms with Gasteiger partial charge in [-0.25, -0.2) is 0 Å². The highest BCUT2D eigenvalue weighted by molar-refractivity contribution is 7.86. The number of hydrogen-bond acceptors (Lipinski definition) is 3. The van der Waals surface area contributed by atoms with E-state index in [1.54, 1.807) is 8.61 Å². The fourth-order valence-corrected chi connectivity index (χ4v) is 4.68. The molecule has 2 heterocycles. The van der Waals surface area contributed by atoms with Crippen LogP contribution >= 0.6 is 0 Å². The molecule has 0 bridgehead atoms. The minimum absolute atomic E-state index is 0.469. The molecule has 2 aliphatic heterocycles. The predicted molar refractivity (Wildman–Crippen MR) is 72.6 cm³/mol. The van der Waals surface area contributed by atoms with Crippen LogP contribution in [0, 0.1) is 5.92 Å².